The molecule has 2 N–H and O–H groups in total. The molecule has 1 atom stereocenters. The quantitative estimate of drug-likeness (QED) is 0.815. The van der Waals surface area contributed by atoms with Crippen LogP contribution in [0, 0.1) is 13.8 Å². The molecule has 0 fully saturated rings. The SMILES string of the molecule is CCOC(=O)CC(C)(N)c1cc(C)cc(C)c1. The zero-order valence-corrected chi connectivity index (χ0v) is 11.0. The maximum Gasteiger partial charge on any atom is 0.307 e. The third kappa shape index (κ3) is 3.86. The van der Waals surface area contributed by atoms with Crippen LogP contribution in [0.25, 0.3) is 0 Å². The molecular formula is C14H21NO2. The number of ether oxygens (including phenoxy) is 1. The van der Waals surface area contributed by atoms with Gasteiger partial charge >= 0.3 is 5.97 Å². The van der Waals surface area contributed by atoms with Crippen molar-refractivity contribution in [2.45, 2.75) is 39.7 Å². The molecule has 0 saturated carbocycles. The zero-order chi connectivity index (χ0) is 13.1. The Hall–Kier alpha value is -1.35. The first-order valence-electron chi connectivity index (χ1n) is 5.88. The van der Waals surface area contributed by atoms with E-state index >= 15 is 0 Å². The Bertz CT molecular complexity index is 390. The molecule has 3 nitrogen and oxygen atoms in total. The topological polar surface area (TPSA) is 52.3 Å². The Morgan fingerprint density at radius 2 is 1.82 bits per heavy atom. The van der Waals surface area contributed by atoms with Gasteiger partial charge in [-0.2, -0.15) is 0 Å². The Kier molecular flexibility index (Phi) is 4.29. The molecule has 0 radical (unpaired) electrons. The molecule has 0 spiro atoms. The van der Waals surface area contributed by atoms with Gasteiger partial charge in [-0.05, 0) is 33.3 Å². The van der Waals surface area contributed by atoms with Crippen LogP contribution >= 0.6 is 0 Å². The lowest BCUT2D eigenvalue weighted by Crippen LogP contribution is -2.36. The average molecular weight is 235 g/mol. The largest absolute Gasteiger partial charge is 0.466 e. The molecule has 3 heteroatoms. The van der Waals surface area contributed by atoms with E-state index in [4.69, 9.17) is 10.5 Å². The van der Waals surface area contributed by atoms with Crippen molar-refractivity contribution in [3.8, 4) is 0 Å². The Morgan fingerprint density at radius 3 is 2.29 bits per heavy atom. The standard InChI is InChI=1S/C14H21NO2/c1-5-17-13(16)9-14(4,15)12-7-10(2)6-11(3)8-12/h6-8H,5,9,15H2,1-4H3. The van der Waals surface area contributed by atoms with Crippen molar-refractivity contribution >= 4 is 5.97 Å². The van der Waals surface area contributed by atoms with Crippen molar-refractivity contribution < 1.29 is 9.53 Å². The number of rotatable bonds is 4. The van der Waals surface area contributed by atoms with Crippen LogP contribution in [0.5, 0.6) is 0 Å². The average Bonchev–Trinajstić information content (AvgIpc) is 2.15. The highest BCUT2D eigenvalue weighted by atomic mass is 16.5. The fraction of sp³-hybridized carbons (Fsp3) is 0.500. The Labute approximate surface area is 103 Å². The van der Waals surface area contributed by atoms with Gasteiger partial charge in [-0.25, -0.2) is 0 Å². The fourth-order valence-electron chi connectivity index (χ4n) is 1.92. The van der Waals surface area contributed by atoms with Crippen LogP contribution in [-0.4, -0.2) is 12.6 Å². The molecule has 0 aliphatic rings. The molecule has 0 saturated heterocycles. The van der Waals surface area contributed by atoms with Gasteiger partial charge in [-0.3, -0.25) is 4.79 Å². The van der Waals surface area contributed by atoms with Crippen molar-refractivity contribution in [1.29, 1.82) is 0 Å². The van der Waals surface area contributed by atoms with Gasteiger partial charge in [0.25, 0.3) is 0 Å². The van der Waals surface area contributed by atoms with Gasteiger partial charge in [-0.15, -0.1) is 0 Å². The number of aryl methyl sites for hydroxylation is 2. The molecule has 94 valence electrons. The minimum Gasteiger partial charge on any atom is -0.466 e. The van der Waals surface area contributed by atoms with Gasteiger partial charge in [0, 0.05) is 5.54 Å². The number of carbonyl (C=O) groups is 1. The molecule has 0 amide bonds. The number of nitrogens with two attached hydrogens (primary N) is 1. The van der Waals surface area contributed by atoms with Gasteiger partial charge < -0.3 is 10.5 Å². The molecule has 0 aliphatic heterocycles. The van der Waals surface area contributed by atoms with Crippen LogP contribution in [0.4, 0.5) is 0 Å². The predicted octanol–water partition coefficient (Wildman–Crippen LogP) is 2.43. The molecule has 1 unspecified atom stereocenters. The minimum atomic E-state index is -0.678. The van der Waals surface area contributed by atoms with E-state index in [2.05, 4.69) is 6.07 Å². The van der Waals surface area contributed by atoms with E-state index in [1.807, 2.05) is 32.9 Å². The van der Waals surface area contributed by atoms with E-state index in [0.717, 1.165) is 16.7 Å². The number of hydrogen-bond donors (Lipinski definition) is 1. The van der Waals surface area contributed by atoms with E-state index in [-0.39, 0.29) is 12.4 Å². The van der Waals surface area contributed by atoms with Gasteiger partial charge in [0.05, 0.1) is 13.0 Å². The second-order valence-electron chi connectivity index (χ2n) is 4.78. The van der Waals surface area contributed by atoms with Crippen LogP contribution in [0.1, 0.15) is 37.0 Å². The summed E-state index contributed by atoms with van der Waals surface area (Å²) in [6.07, 6.45) is 0.198. The summed E-state index contributed by atoms with van der Waals surface area (Å²) in [4.78, 5) is 11.5. The predicted molar refractivity (Wildman–Crippen MR) is 68.7 cm³/mol. The molecule has 1 aromatic rings. The van der Waals surface area contributed by atoms with Gasteiger partial charge in [-0.1, -0.05) is 29.3 Å². The molecule has 17 heavy (non-hydrogen) atoms. The van der Waals surface area contributed by atoms with Crippen LogP contribution in [0.3, 0.4) is 0 Å². The summed E-state index contributed by atoms with van der Waals surface area (Å²) in [5.74, 6) is -0.253. The van der Waals surface area contributed by atoms with E-state index in [1.165, 1.54) is 0 Å². The number of esters is 1. The highest BCUT2D eigenvalue weighted by Gasteiger charge is 2.26. The molecule has 1 aromatic carbocycles. The number of hydrogen-bond acceptors (Lipinski definition) is 3. The highest BCUT2D eigenvalue weighted by molar-refractivity contribution is 5.71. The Morgan fingerprint density at radius 1 is 1.29 bits per heavy atom. The summed E-state index contributed by atoms with van der Waals surface area (Å²) in [7, 11) is 0. The summed E-state index contributed by atoms with van der Waals surface area (Å²) >= 11 is 0. The smallest absolute Gasteiger partial charge is 0.307 e. The summed E-state index contributed by atoms with van der Waals surface area (Å²) in [6.45, 7) is 8.09. The van der Waals surface area contributed by atoms with Crippen LogP contribution < -0.4 is 5.73 Å². The monoisotopic (exact) mass is 235 g/mol. The van der Waals surface area contributed by atoms with Crippen molar-refractivity contribution in [3.63, 3.8) is 0 Å². The van der Waals surface area contributed by atoms with Gasteiger partial charge in [0.1, 0.15) is 0 Å². The van der Waals surface area contributed by atoms with Crippen LogP contribution in [-0.2, 0) is 15.1 Å². The fourth-order valence-corrected chi connectivity index (χ4v) is 1.92. The first kappa shape index (κ1) is 13.7. The lowest BCUT2D eigenvalue weighted by molar-refractivity contribution is -0.144. The molecule has 0 bridgehead atoms. The third-order valence-electron chi connectivity index (χ3n) is 2.70. The minimum absolute atomic E-state index is 0.198. The highest BCUT2D eigenvalue weighted by Crippen LogP contribution is 2.24. The van der Waals surface area contributed by atoms with Crippen molar-refractivity contribution in [1.82, 2.24) is 0 Å². The van der Waals surface area contributed by atoms with Crippen molar-refractivity contribution in [3.05, 3.63) is 34.9 Å². The second-order valence-corrected chi connectivity index (χ2v) is 4.78. The van der Waals surface area contributed by atoms with E-state index in [0.29, 0.717) is 6.61 Å². The van der Waals surface area contributed by atoms with Crippen molar-refractivity contribution in [2.24, 2.45) is 5.73 Å². The van der Waals surface area contributed by atoms with E-state index < -0.39 is 5.54 Å². The first-order valence-corrected chi connectivity index (χ1v) is 5.88. The number of benzene rings is 1. The lowest BCUT2D eigenvalue weighted by atomic mass is 9.88. The van der Waals surface area contributed by atoms with Crippen molar-refractivity contribution in [2.75, 3.05) is 6.61 Å². The molecular weight excluding hydrogens is 214 g/mol. The van der Waals surface area contributed by atoms with Gasteiger partial charge in [0.2, 0.25) is 0 Å². The van der Waals surface area contributed by atoms with E-state index in [9.17, 15) is 4.79 Å². The lowest BCUT2D eigenvalue weighted by Gasteiger charge is -2.25. The van der Waals surface area contributed by atoms with Crippen LogP contribution in [0.2, 0.25) is 0 Å². The maximum atomic E-state index is 11.5. The Balaban J connectivity index is 2.92. The first-order chi connectivity index (χ1) is 7.85. The molecule has 0 aliphatic carbocycles. The normalized spacial score (nSPS) is 14.2. The second kappa shape index (κ2) is 5.32. The summed E-state index contributed by atoms with van der Waals surface area (Å²) < 4.78 is 4.94. The van der Waals surface area contributed by atoms with E-state index in [1.54, 1.807) is 6.92 Å². The zero-order valence-electron chi connectivity index (χ0n) is 11.0. The maximum absolute atomic E-state index is 11.5. The molecule has 1 rings (SSSR count). The summed E-state index contributed by atoms with van der Waals surface area (Å²) in [5, 5.41) is 0. The molecule has 0 heterocycles. The summed E-state index contributed by atoms with van der Waals surface area (Å²) in [5.41, 5.74) is 8.81. The third-order valence-corrected chi connectivity index (χ3v) is 2.70. The molecule has 0 aromatic heterocycles. The summed E-state index contributed by atoms with van der Waals surface area (Å²) in [6, 6.07) is 6.13. The number of carbonyl (C=O) groups excluding carboxylic acids is 1. The van der Waals surface area contributed by atoms with Crippen LogP contribution in [0.15, 0.2) is 18.2 Å². The van der Waals surface area contributed by atoms with Gasteiger partial charge in [0.15, 0.2) is 0 Å².